The van der Waals surface area contributed by atoms with Crippen LogP contribution in [0.2, 0.25) is 0 Å². The first-order valence-electron chi connectivity index (χ1n) is 5.93. The van der Waals surface area contributed by atoms with Gasteiger partial charge in [-0.05, 0) is 42.9 Å². The van der Waals surface area contributed by atoms with Crippen molar-refractivity contribution in [2.45, 2.75) is 6.54 Å². The average Bonchev–Trinajstić information content (AvgIpc) is 2.39. The second-order valence-corrected chi connectivity index (χ2v) is 4.24. The molecule has 1 N–H and O–H groups in total. The smallest absolute Gasteiger partial charge is 0.125 e. The van der Waals surface area contributed by atoms with Gasteiger partial charge in [-0.25, -0.2) is 4.39 Å². The van der Waals surface area contributed by atoms with Crippen molar-refractivity contribution in [3.05, 3.63) is 59.9 Å². The number of hydrogen-bond acceptors (Lipinski definition) is 2. The summed E-state index contributed by atoms with van der Waals surface area (Å²) >= 11 is 0. The summed E-state index contributed by atoms with van der Waals surface area (Å²) in [7, 11) is 3.86. The van der Waals surface area contributed by atoms with E-state index in [1.165, 1.54) is 17.7 Å². The monoisotopic (exact) mass is 244 g/mol. The molecule has 0 amide bonds. The molecule has 2 rings (SSSR count). The first kappa shape index (κ1) is 12.6. The van der Waals surface area contributed by atoms with E-state index >= 15 is 0 Å². The molecule has 0 bridgehead atoms. The van der Waals surface area contributed by atoms with Crippen molar-refractivity contribution >= 4 is 11.4 Å². The van der Waals surface area contributed by atoms with Gasteiger partial charge in [-0.2, -0.15) is 0 Å². The minimum absolute atomic E-state index is 0.217. The van der Waals surface area contributed by atoms with Crippen LogP contribution in [0.4, 0.5) is 15.8 Å². The number of halogens is 1. The highest BCUT2D eigenvalue weighted by Crippen LogP contribution is 2.24. The van der Waals surface area contributed by atoms with Gasteiger partial charge in [0.15, 0.2) is 0 Å². The van der Waals surface area contributed by atoms with Crippen LogP contribution >= 0.6 is 0 Å². The summed E-state index contributed by atoms with van der Waals surface area (Å²) in [5.74, 6) is -0.217. The Kier molecular flexibility index (Phi) is 3.95. The maximum absolute atomic E-state index is 13.2. The van der Waals surface area contributed by atoms with Crippen molar-refractivity contribution < 1.29 is 4.39 Å². The van der Waals surface area contributed by atoms with Gasteiger partial charge >= 0.3 is 0 Å². The fourth-order valence-electron chi connectivity index (χ4n) is 1.88. The van der Waals surface area contributed by atoms with Gasteiger partial charge < -0.3 is 10.2 Å². The van der Waals surface area contributed by atoms with E-state index < -0.39 is 0 Å². The predicted octanol–water partition coefficient (Wildman–Crippen LogP) is 3.31. The highest BCUT2D eigenvalue weighted by atomic mass is 19.1. The van der Waals surface area contributed by atoms with Gasteiger partial charge in [-0.1, -0.05) is 18.2 Å². The number of benzene rings is 2. The van der Waals surface area contributed by atoms with Crippen LogP contribution in [0.15, 0.2) is 48.5 Å². The molecule has 0 saturated heterocycles. The fraction of sp³-hybridized carbons (Fsp3) is 0.200. The molecule has 3 heteroatoms. The molecule has 0 aliphatic rings. The van der Waals surface area contributed by atoms with Crippen LogP contribution in [0.3, 0.4) is 0 Å². The molecule has 0 aliphatic carbocycles. The van der Waals surface area contributed by atoms with Crippen LogP contribution in [0, 0.1) is 5.82 Å². The number of nitrogens with one attached hydrogen (secondary N) is 1. The number of rotatable bonds is 4. The lowest BCUT2D eigenvalue weighted by atomic mass is 10.2. The topological polar surface area (TPSA) is 15.3 Å². The quantitative estimate of drug-likeness (QED) is 0.887. The lowest BCUT2D eigenvalue weighted by molar-refractivity contribution is 0.628. The van der Waals surface area contributed by atoms with Crippen LogP contribution in [0.5, 0.6) is 0 Å². The van der Waals surface area contributed by atoms with Crippen molar-refractivity contribution in [3.63, 3.8) is 0 Å². The highest BCUT2D eigenvalue weighted by Gasteiger charge is 2.04. The number of nitrogens with zero attached hydrogens (tertiary/aromatic N) is 1. The van der Waals surface area contributed by atoms with Crippen molar-refractivity contribution in [1.29, 1.82) is 0 Å². The van der Waals surface area contributed by atoms with Gasteiger partial charge in [0.1, 0.15) is 5.82 Å². The zero-order valence-corrected chi connectivity index (χ0v) is 10.7. The Balaban J connectivity index is 2.20. The molecule has 0 atom stereocenters. The van der Waals surface area contributed by atoms with E-state index in [9.17, 15) is 4.39 Å². The second-order valence-electron chi connectivity index (χ2n) is 4.24. The van der Waals surface area contributed by atoms with E-state index in [0.29, 0.717) is 0 Å². The Morgan fingerprint density at radius 3 is 2.39 bits per heavy atom. The third-order valence-corrected chi connectivity index (χ3v) is 2.90. The molecule has 0 fully saturated rings. The van der Waals surface area contributed by atoms with Crippen LogP contribution in [0.25, 0.3) is 0 Å². The Morgan fingerprint density at radius 1 is 1.06 bits per heavy atom. The zero-order valence-electron chi connectivity index (χ0n) is 10.7. The molecule has 0 aromatic heterocycles. The molecule has 0 unspecified atom stereocenters. The molecular formula is C15H17FN2. The lowest BCUT2D eigenvalue weighted by Gasteiger charge is -2.19. The molecule has 0 radical (unpaired) electrons. The molecule has 0 heterocycles. The Morgan fingerprint density at radius 2 is 1.78 bits per heavy atom. The zero-order chi connectivity index (χ0) is 13.0. The Labute approximate surface area is 107 Å². The third kappa shape index (κ3) is 2.87. The first-order valence-corrected chi connectivity index (χ1v) is 5.93. The number of hydrogen-bond donors (Lipinski definition) is 1. The van der Waals surface area contributed by atoms with E-state index in [1.807, 2.05) is 37.2 Å². The van der Waals surface area contributed by atoms with E-state index in [1.54, 1.807) is 6.07 Å². The highest BCUT2D eigenvalue weighted by molar-refractivity contribution is 5.62. The molecule has 0 aliphatic heterocycles. The van der Waals surface area contributed by atoms with Crippen LogP contribution < -0.4 is 10.2 Å². The maximum Gasteiger partial charge on any atom is 0.125 e. The largest absolute Gasteiger partial charge is 0.345 e. The van der Waals surface area contributed by atoms with Crippen molar-refractivity contribution in [1.82, 2.24) is 5.32 Å². The summed E-state index contributed by atoms with van der Waals surface area (Å²) in [4.78, 5) is 1.96. The summed E-state index contributed by atoms with van der Waals surface area (Å²) < 4.78 is 13.2. The van der Waals surface area contributed by atoms with Gasteiger partial charge in [0.05, 0.1) is 0 Å². The van der Waals surface area contributed by atoms with E-state index in [4.69, 9.17) is 0 Å². The summed E-state index contributed by atoms with van der Waals surface area (Å²) in [6.45, 7) is 0.851. The van der Waals surface area contributed by atoms with Crippen LogP contribution in [-0.4, -0.2) is 14.1 Å². The minimum atomic E-state index is -0.217. The molecular weight excluding hydrogens is 227 g/mol. The van der Waals surface area contributed by atoms with Crippen LogP contribution in [0.1, 0.15) is 5.56 Å². The van der Waals surface area contributed by atoms with Crippen molar-refractivity contribution in [3.8, 4) is 0 Å². The number of anilines is 2. The standard InChI is InChI=1S/C15H17FN2/c1-17-11-12-6-8-14(9-7-12)18(2)15-5-3-4-13(16)10-15/h3-10,17H,11H2,1-2H3. The molecule has 2 nitrogen and oxygen atoms in total. The lowest BCUT2D eigenvalue weighted by Crippen LogP contribution is -2.10. The summed E-state index contributed by atoms with van der Waals surface area (Å²) in [6.07, 6.45) is 0. The molecule has 0 spiro atoms. The second kappa shape index (κ2) is 5.65. The molecule has 0 saturated carbocycles. The molecule has 2 aromatic rings. The van der Waals surface area contributed by atoms with Crippen molar-refractivity contribution in [2.75, 3.05) is 19.0 Å². The van der Waals surface area contributed by atoms with E-state index in [0.717, 1.165) is 17.9 Å². The summed E-state index contributed by atoms with van der Waals surface area (Å²) in [5.41, 5.74) is 3.12. The van der Waals surface area contributed by atoms with E-state index in [2.05, 4.69) is 17.4 Å². The normalized spacial score (nSPS) is 10.4. The summed E-state index contributed by atoms with van der Waals surface area (Å²) in [5, 5.41) is 3.11. The fourth-order valence-corrected chi connectivity index (χ4v) is 1.88. The SMILES string of the molecule is CNCc1ccc(N(C)c2cccc(F)c2)cc1. The minimum Gasteiger partial charge on any atom is -0.345 e. The van der Waals surface area contributed by atoms with Crippen LogP contribution in [-0.2, 0) is 6.54 Å². The summed E-state index contributed by atoms with van der Waals surface area (Å²) in [6, 6.07) is 14.8. The first-order chi connectivity index (χ1) is 8.70. The van der Waals surface area contributed by atoms with Gasteiger partial charge in [-0.15, -0.1) is 0 Å². The van der Waals surface area contributed by atoms with Gasteiger partial charge in [0.2, 0.25) is 0 Å². The molecule has 2 aromatic carbocycles. The van der Waals surface area contributed by atoms with Gasteiger partial charge in [0.25, 0.3) is 0 Å². The predicted molar refractivity (Wildman–Crippen MR) is 73.7 cm³/mol. The van der Waals surface area contributed by atoms with Gasteiger partial charge in [-0.3, -0.25) is 0 Å². The Bertz CT molecular complexity index is 508. The third-order valence-electron chi connectivity index (χ3n) is 2.90. The van der Waals surface area contributed by atoms with Crippen molar-refractivity contribution in [2.24, 2.45) is 0 Å². The molecule has 18 heavy (non-hydrogen) atoms. The Hall–Kier alpha value is -1.87. The van der Waals surface area contributed by atoms with Gasteiger partial charge in [0, 0.05) is 25.0 Å². The molecule has 94 valence electrons. The van der Waals surface area contributed by atoms with E-state index in [-0.39, 0.29) is 5.82 Å². The maximum atomic E-state index is 13.2. The average molecular weight is 244 g/mol.